The van der Waals surface area contributed by atoms with E-state index in [2.05, 4.69) is 30.6 Å². The number of halogens is 1. The molecule has 34 heavy (non-hydrogen) atoms. The van der Waals surface area contributed by atoms with Crippen molar-refractivity contribution < 1.29 is 9.32 Å². The van der Waals surface area contributed by atoms with E-state index in [4.69, 9.17) is 16.1 Å². The molecule has 0 atom stereocenters. The second kappa shape index (κ2) is 10.1. The third-order valence-electron chi connectivity index (χ3n) is 5.03. The van der Waals surface area contributed by atoms with Crippen molar-refractivity contribution in [3.63, 3.8) is 0 Å². The van der Waals surface area contributed by atoms with Crippen molar-refractivity contribution in [2.75, 3.05) is 5.32 Å². The molecule has 0 saturated carbocycles. The number of rotatable bonds is 8. The standard InChI is InChI=1S/C24H19ClN6O2S/c25-19-8-4-3-7-18(19)23-28-24(30-29-23)34-14-20-27-22(33-31-20)12-11-21(32)26-17-10-9-15-5-1-2-6-16(15)13-17/h1-10,13H,11-12,14H2,(H,26,32)(H,28,29,30). The number of thioether (sulfide) groups is 1. The highest BCUT2D eigenvalue weighted by Crippen LogP contribution is 2.27. The number of nitrogens with zero attached hydrogens (tertiary/aromatic N) is 4. The lowest BCUT2D eigenvalue weighted by Gasteiger charge is -2.05. The van der Waals surface area contributed by atoms with Crippen LogP contribution in [0.25, 0.3) is 22.2 Å². The van der Waals surface area contributed by atoms with Gasteiger partial charge < -0.3 is 9.84 Å². The van der Waals surface area contributed by atoms with E-state index in [0.29, 0.717) is 39.9 Å². The Labute approximate surface area is 204 Å². The van der Waals surface area contributed by atoms with Gasteiger partial charge in [0.25, 0.3) is 0 Å². The summed E-state index contributed by atoms with van der Waals surface area (Å²) >= 11 is 7.58. The lowest BCUT2D eigenvalue weighted by atomic mass is 10.1. The molecule has 0 unspecified atom stereocenters. The number of aromatic nitrogens is 5. The van der Waals surface area contributed by atoms with Crippen molar-refractivity contribution in [3.05, 3.63) is 83.5 Å². The SMILES string of the molecule is O=C(CCc1nc(CSc2n[nH]c(-c3ccccc3Cl)n2)no1)Nc1ccc2ccccc2c1. The average Bonchev–Trinajstić information content (AvgIpc) is 3.51. The zero-order valence-electron chi connectivity index (χ0n) is 17.9. The van der Waals surface area contributed by atoms with Crippen LogP contribution in [0, 0.1) is 0 Å². The minimum Gasteiger partial charge on any atom is -0.339 e. The van der Waals surface area contributed by atoms with Crippen molar-refractivity contribution in [1.29, 1.82) is 0 Å². The summed E-state index contributed by atoms with van der Waals surface area (Å²) in [6.45, 7) is 0. The number of carbonyl (C=O) groups excluding carboxylic acids is 1. The second-order valence-corrected chi connectivity index (χ2v) is 8.80. The number of hydrogen-bond donors (Lipinski definition) is 2. The first-order valence-corrected chi connectivity index (χ1v) is 11.9. The van der Waals surface area contributed by atoms with Crippen LogP contribution in [0.5, 0.6) is 0 Å². The molecule has 2 heterocycles. The van der Waals surface area contributed by atoms with Gasteiger partial charge in [0.1, 0.15) is 0 Å². The van der Waals surface area contributed by atoms with Gasteiger partial charge in [-0.25, -0.2) is 4.98 Å². The third-order valence-corrected chi connectivity index (χ3v) is 6.21. The number of benzene rings is 3. The van der Waals surface area contributed by atoms with E-state index in [1.807, 2.05) is 60.7 Å². The Morgan fingerprint density at radius 2 is 1.85 bits per heavy atom. The van der Waals surface area contributed by atoms with E-state index in [0.717, 1.165) is 22.0 Å². The van der Waals surface area contributed by atoms with Gasteiger partial charge >= 0.3 is 0 Å². The average molecular weight is 491 g/mol. The molecule has 10 heteroatoms. The first-order chi connectivity index (χ1) is 16.6. The first-order valence-electron chi connectivity index (χ1n) is 10.5. The van der Waals surface area contributed by atoms with Crippen molar-refractivity contribution in [1.82, 2.24) is 25.3 Å². The molecule has 0 fully saturated rings. The Morgan fingerprint density at radius 3 is 2.74 bits per heavy atom. The van der Waals surface area contributed by atoms with Gasteiger partial charge in [0.15, 0.2) is 11.6 Å². The van der Waals surface area contributed by atoms with Crippen molar-refractivity contribution >= 4 is 45.7 Å². The van der Waals surface area contributed by atoms with Crippen molar-refractivity contribution in [2.45, 2.75) is 23.8 Å². The highest BCUT2D eigenvalue weighted by atomic mass is 35.5. The molecule has 3 aromatic carbocycles. The Hall–Kier alpha value is -3.69. The number of H-pyrrole nitrogens is 1. The van der Waals surface area contributed by atoms with Crippen LogP contribution in [-0.4, -0.2) is 31.2 Å². The maximum absolute atomic E-state index is 12.3. The highest BCUT2D eigenvalue weighted by molar-refractivity contribution is 7.98. The van der Waals surface area contributed by atoms with E-state index < -0.39 is 0 Å². The molecule has 5 rings (SSSR count). The van der Waals surface area contributed by atoms with Gasteiger partial charge in [0.05, 0.1) is 10.8 Å². The van der Waals surface area contributed by atoms with Crippen LogP contribution in [0.15, 0.2) is 76.4 Å². The largest absolute Gasteiger partial charge is 0.339 e. The molecule has 8 nitrogen and oxygen atoms in total. The second-order valence-electron chi connectivity index (χ2n) is 7.45. The molecule has 0 spiro atoms. The lowest BCUT2D eigenvalue weighted by Crippen LogP contribution is -2.12. The summed E-state index contributed by atoms with van der Waals surface area (Å²) in [6.07, 6.45) is 0.595. The number of amides is 1. The van der Waals surface area contributed by atoms with Crippen LogP contribution in [0.2, 0.25) is 5.02 Å². The van der Waals surface area contributed by atoms with Crippen LogP contribution >= 0.6 is 23.4 Å². The van der Waals surface area contributed by atoms with E-state index in [1.165, 1.54) is 11.8 Å². The molecule has 2 aromatic heterocycles. The maximum Gasteiger partial charge on any atom is 0.227 e. The fourth-order valence-corrected chi connectivity index (χ4v) is 4.24. The smallest absolute Gasteiger partial charge is 0.227 e. The molecule has 1 amide bonds. The van der Waals surface area contributed by atoms with Gasteiger partial charge in [-0.05, 0) is 35.0 Å². The topological polar surface area (TPSA) is 110 Å². The fraction of sp³-hybridized carbons (Fsp3) is 0.125. The number of aryl methyl sites for hydroxylation is 1. The lowest BCUT2D eigenvalue weighted by molar-refractivity contribution is -0.116. The van der Waals surface area contributed by atoms with Gasteiger partial charge in [-0.2, -0.15) is 4.98 Å². The first kappa shape index (κ1) is 22.1. The molecule has 0 aliphatic carbocycles. The molecule has 170 valence electrons. The summed E-state index contributed by atoms with van der Waals surface area (Å²) in [6, 6.07) is 21.3. The zero-order chi connectivity index (χ0) is 23.3. The summed E-state index contributed by atoms with van der Waals surface area (Å²) in [5, 5.41) is 17.3. The van der Waals surface area contributed by atoms with Gasteiger partial charge in [0, 0.05) is 24.1 Å². The Bertz CT molecular complexity index is 1450. The minimum absolute atomic E-state index is 0.114. The fourth-order valence-electron chi connectivity index (χ4n) is 3.38. The van der Waals surface area contributed by atoms with Crippen LogP contribution in [0.4, 0.5) is 5.69 Å². The van der Waals surface area contributed by atoms with Crippen LogP contribution in [-0.2, 0) is 17.0 Å². The Kier molecular flexibility index (Phi) is 6.55. The van der Waals surface area contributed by atoms with Gasteiger partial charge in [-0.1, -0.05) is 71.0 Å². The summed E-state index contributed by atoms with van der Waals surface area (Å²) < 4.78 is 5.28. The van der Waals surface area contributed by atoms with Gasteiger partial charge in [-0.15, -0.1) is 5.10 Å². The summed E-state index contributed by atoms with van der Waals surface area (Å²) in [7, 11) is 0. The quantitative estimate of drug-likeness (QED) is 0.275. The Morgan fingerprint density at radius 1 is 1.03 bits per heavy atom. The third kappa shape index (κ3) is 5.27. The molecule has 0 aliphatic heterocycles. The van der Waals surface area contributed by atoms with Crippen LogP contribution < -0.4 is 5.32 Å². The van der Waals surface area contributed by atoms with E-state index in [9.17, 15) is 4.79 Å². The number of hydrogen-bond acceptors (Lipinski definition) is 7. The minimum atomic E-state index is -0.114. The molecule has 0 saturated heterocycles. The van der Waals surface area contributed by atoms with E-state index in [-0.39, 0.29) is 12.3 Å². The molecule has 0 bridgehead atoms. The number of nitrogens with one attached hydrogen (secondary N) is 2. The molecular formula is C24H19ClN6O2S. The predicted molar refractivity (Wildman–Crippen MR) is 132 cm³/mol. The summed E-state index contributed by atoms with van der Waals surface area (Å²) in [5.41, 5.74) is 1.54. The number of carbonyl (C=O) groups is 1. The van der Waals surface area contributed by atoms with Crippen molar-refractivity contribution in [2.24, 2.45) is 0 Å². The summed E-state index contributed by atoms with van der Waals surface area (Å²) in [5.74, 6) is 1.85. The van der Waals surface area contributed by atoms with Crippen LogP contribution in [0.3, 0.4) is 0 Å². The molecule has 0 radical (unpaired) electrons. The highest BCUT2D eigenvalue weighted by Gasteiger charge is 2.13. The van der Waals surface area contributed by atoms with E-state index >= 15 is 0 Å². The molecule has 0 aliphatic rings. The zero-order valence-corrected chi connectivity index (χ0v) is 19.4. The monoisotopic (exact) mass is 490 g/mol. The molecule has 5 aromatic rings. The maximum atomic E-state index is 12.3. The number of fused-ring (bicyclic) bond motifs is 1. The van der Waals surface area contributed by atoms with Gasteiger partial charge in [0.2, 0.25) is 17.0 Å². The predicted octanol–water partition coefficient (Wildman–Crippen LogP) is 5.52. The molecular weight excluding hydrogens is 472 g/mol. The van der Waals surface area contributed by atoms with Crippen molar-refractivity contribution in [3.8, 4) is 11.4 Å². The number of anilines is 1. The normalized spacial score (nSPS) is 11.1. The molecule has 2 N–H and O–H groups in total. The Balaban J connectivity index is 1.12. The summed E-state index contributed by atoms with van der Waals surface area (Å²) in [4.78, 5) is 21.2. The van der Waals surface area contributed by atoms with Gasteiger partial charge in [-0.3, -0.25) is 9.89 Å². The van der Waals surface area contributed by atoms with E-state index in [1.54, 1.807) is 6.07 Å². The number of aromatic amines is 1. The van der Waals surface area contributed by atoms with Crippen LogP contribution in [0.1, 0.15) is 18.1 Å².